The van der Waals surface area contributed by atoms with E-state index in [1.807, 2.05) is 6.92 Å². The molecule has 18 heavy (non-hydrogen) atoms. The molecule has 3 nitrogen and oxygen atoms in total. The molecule has 1 aliphatic rings. The Morgan fingerprint density at radius 2 is 2.06 bits per heavy atom. The molecule has 0 saturated carbocycles. The minimum atomic E-state index is -3.30. The summed E-state index contributed by atoms with van der Waals surface area (Å²) in [6.07, 6.45) is 2.10. The third-order valence-corrected chi connectivity index (χ3v) is 3.17. The smallest absolute Gasteiger partial charge is 0.377 e. The molecule has 0 spiro atoms. The molecule has 106 valence electrons. The van der Waals surface area contributed by atoms with Crippen LogP contribution in [0.4, 0.5) is 8.78 Å². The summed E-state index contributed by atoms with van der Waals surface area (Å²) in [5.74, 6) is -4.00. The van der Waals surface area contributed by atoms with Gasteiger partial charge in [-0.15, -0.1) is 0 Å². The molecule has 1 aliphatic heterocycles. The van der Waals surface area contributed by atoms with Gasteiger partial charge in [-0.05, 0) is 19.3 Å². The average Bonchev–Trinajstić information content (AvgIpc) is 2.49. The van der Waals surface area contributed by atoms with E-state index in [1.165, 1.54) is 6.42 Å². The topological polar surface area (TPSA) is 38.3 Å². The number of ether oxygens (including phenoxy) is 1. The highest BCUT2D eigenvalue weighted by molar-refractivity contribution is 5.79. The molecule has 1 heterocycles. The summed E-state index contributed by atoms with van der Waals surface area (Å²) < 4.78 is 30.4. The second-order valence-electron chi connectivity index (χ2n) is 5.57. The van der Waals surface area contributed by atoms with Crippen molar-refractivity contribution in [1.29, 1.82) is 0 Å². The number of nitrogens with one attached hydrogen (secondary N) is 1. The fourth-order valence-electron chi connectivity index (χ4n) is 2.03. The molecule has 1 rings (SSSR count). The number of carbonyl (C=O) groups excluding carboxylic acids is 1. The van der Waals surface area contributed by atoms with Gasteiger partial charge in [0.25, 0.3) is 0 Å². The van der Waals surface area contributed by atoms with Crippen molar-refractivity contribution < 1.29 is 18.3 Å². The van der Waals surface area contributed by atoms with E-state index < -0.39 is 24.4 Å². The van der Waals surface area contributed by atoms with E-state index in [1.54, 1.807) is 0 Å². The summed E-state index contributed by atoms with van der Waals surface area (Å²) >= 11 is 0. The van der Waals surface area contributed by atoms with Crippen LogP contribution in [0.1, 0.15) is 46.5 Å². The van der Waals surface area contributed by atoms with Gasteiger partial charge in [-0.2, -0.15) is 8.78 Å². The SMILES string of the molecule is CC(C)CCCC(C)NCC1CC(F)(F)C(=O)O1. The number of hydrogen-bond acceptors (Lipinski definition) is 3. The van der Waals surface area contributed by atoms with Gasteiger partial charge in [-0.3, -0.25) is 0 Å². The summed E-state index contributed by atoms with van der Waals surface area (Å²) in [7, 11) is 0. The Labute approximate surface area is 107 Å². The summed E-state index contributed by atoms with van der Waals surface area (Å²) in [4.78, 5) is 10.8. The van der Waals surface area contributed by atoms with Gasteiger partial charge in [0.2, 0.25) is 0 Å². The van der Waals surface area contributed by atoms with E-state index in [0.717, 1.165) is 12.8 Å². The molecule has 0 aliphatic carbocycles. The Hall–Kier alpha value is -0.710. The minimum Gasteiger partial charge on any atom is -0.456 e. The van der Waals surface area contributed by atoms with Crippen LogP contribution < -0.4 is 5.32 Å². The molecule has 0 aromatic heterocycles. The van der Waals surface area contributed by atoms with Crippen LogP contribution in [0.2, 0.25) is 0 Å². The molecule has 0 bridgehead atoms. The lowest BCUT2D eigenvalue weighted by Crippen LogP contribution is -2.34. The first-order valence-electron chi connectivity index (χ1n) is 6.63. The maximum Gasteiger partial charge on any atom is 0.377 e. The molecule has 0 radical (unpaired) electrons. The van der Waals surface area contributed by atoms with Crippen LogP contribution in [0.15, 0.2) is 0 Å². The van der Waals surface area contributed by atoms with Gasteiger partial charge in [-0.25, -0.2) is 4.79 Å². The van der Waals surface area contributed by atoms with Crippen LogP contribution in [0.25, 0.3) is 0 Å². The highest BCUT2D eigenvalue weighted by atomic mass is 19.3. The Morgan fingerprint density at radius 1 is 1.39 bits per heavy atom. The van der Waals surface area contributed by atoms with E-state index in [4.69, 9.17) is 0 Å². The zero-order valence-electron chi connectivity index (χ0n) is 11.3. The molecule has 1 saturated heterocycles. The Bertz CT molecular complexity index is 282. The number of cyclic esters (lactones) is 1. The van der Waals surface area contributed by atoms with E-state index in [2.05, 4.69) is 23.9 Å². The van der Waals surface area contributed by atoms with Crippen molar-refractivity contribution in [3.05, 3.63) is 0 Å². The number of alkyl halides is 2. The standard InChI is InChI=1S/C13H23F2NO2/c1-9(2)5-4-6-10(3)16-8-11-7-13(14,15)12(17)18-11/h9-11,16H,4-8H2,1-3H3. The third-order valence-electron chi connectivity index (χ3n) is 3.17. The Morgan fingerprint density at radius 3 is 2.56 bits per heavy atom. The van der Waals surface area contributed by atoms with Gasteiger partial charge in [-0.1, -0.05) is 26.7 Å². The largest absolute Gasteiger partial charge is 0.456 e. The van der Waals surface area contributed by atoms with Crippen molar-refractivity contribution in [2.24, 2.45) is 5.92 Å². The molecule has 0 amide bonds. The lowest BCUT2D eigenvalue weighted by molar-refractivity contribution is -0.159. The van der Waals surface area contributed by atoms with Gasteiger partial charge in [0, 0.05) is 12.6 Å². The molecule has 2 atom stereocenters. The lowest BCUT2D eigenvalue weighted by atomic mass is 10.0. The molecule has 0 aromatic rings. The molecule has 2 unspecified atom stereocenters. The fourth-order valence-corrected chi connectivity index (χ4v) is 2.03. The van der Waals surface area contributed by atoms with Gasteiger partial charge >= 0.3 is 11.9 Å². The average molecular weight is 263 g/mol. The Kier molecular flexibility index (Phi) is 5.50. The van der Waals surface area contributed by atoms with Crippen LogP contribution in [0.3, 0.4) is 0 Å². The van der Waals surface area contributed by atoms with Crippen LogP contribution in [0, 0.1) is 5.92 Å². The zero-order chi connectivity index (χ0) is 13.8. The van der Waals surface area contributed by atoms with Gasteiger partial charge < -0.3 is 10.1 Å². The molecular weight excluding hydrogens is 240 g/mol. The molecular formula is C13H23F2NO2. The highest BCUT2D eigenvalue weighted by Gasteiger charge is 2.50. The van der Waals surface area contributed by atoms with Gasteiger partial charge in [0.15, 0.2) is 0 Å². The molecule has 1 fully saturated rings. The third kappa shape index (κ3) is 4.88. The first-order valence-corrected chi connectivity index (χ1v) is 6.63. The van der Waals surface area contributed by atoms with Crippen LogP contribution >= 0.6 is 0 Å². The molecule has 5 heteroatoms. The molecule has 1 N–H and O–H groups in total. The van der Waals surface area contributed by atoms with Crippen molar-refractivity contribution in [2.75, 3.05) is 6.54 Å². The summed E-state index contributed by atoms with van der Waals surface area (Å²) in [6.45, 7) is 6.69. The first-order chi connectivity index (χ1) is 8.31. The van der Waals surface area contributed by atoms with Crippen molar-refractivity contribution >= 4 is 5.97 Å². The number of carbonyl (C=O) groups is 1. The Balaban J connectivity index is 2.16. The quantitative estimate of drug-likeness (QED) is 0.718. The van der Waals surface area contributed by atoms with Crippen molar-refractivity contribution in [3.63, 3.8) is 0 Å². The monoisotopic (exact) mass is 263 g/mol. The maximum atomic E-state index is 12.9. The van der Waals surface area contributed by atoms with Crippen molar-refractivity contribution in [1.82, 2.24) is 5.32 Å². The first kappa shape index (κ1) is 15.3. The van der Waals surface area contributed by atoms with Crippen LogP contribution in [0.5, 0.6) is 0 Å². The normalized spacial score (nSPS) is 24.3. The van der Waals surface area contributed by atoms with Crippen molar-refractivity contribution in [3.8, 4) is 0 Å². The zero-order valence-corrected chi connectivity index (χ0v) is 11.3. The summed E-state index contributed by atoms with van der Waals surface area (Å²) in [6, 6.07) is 0.261. The lowest BCUT2D eigenvalue weighted by Gasteiger charge is -2.16. The number of rotatable bonds is 7. The number of esters is 1. The number of halogens is 2. The van der Waals surface area contributed by atoms with E-state index in [0.29, 0.717) is 12.5 Å². The molecule has 0 aromatic carbocycles. The second-order valence-corrected chi connectivity index (χ2v) is 5.57. The highest BCUT2D eigenvalue weighted by Crippen LogP contribution is 2.30. The summed E-state index contributed by atoms with van der Waals surface area (Å²) in [5, 5.41) is 3.15. The fraction of sp³-hybridized carbons (Fsp3) is 0.923. The van der Waals surface area contributed by atoms with Gasteiger partial charge in [0.05, 0.1) is 6.42 Å². The predicted octanol–water partition coefficient (Wildman–Crippen LogP) is 2.74. The maximum absolute atomic E-state index is 12.9. The van der Waals surface area contributed by atoms with Gasteiger partial charge in [0.1, 0.15) is 6.10 Å². The van der Waals surface area contributed by atoms with E-state index >= 15 is 0 Å². The second kappa shape index (κ2) is 6.45. The van der Waals surface area contributed by atoms with Crippen LogP contribution in [-0.2, 0) is 9.53 Å². The summed E-state index contributed by atoms with van der Waals surface area (Å²) in [5.41, 5.74) is 0. The van der Waals surface area contributed by atoms with Crippen LogP contribution in [-0.4, -0.2) is 30.6 Å². The van der Waals surface area contributed by atoms with Crippen molar-refractivity contribution in [2.45, 2.75) is 64.5 Å². The number of hydrogen-bond donors (Lipinski definition) is 1. The minimum absolute atomic E-state index is 0.261. The van der Waals surface area contributed by atoms with E-state index in [-0.39, 0.29) is 6.04 Å². The predicted molar refractivity (Wildman–Crippen MR) is 65.6 cm³/mol. The van der Waals surface area contributed by atoms with E-state index in [9.17, 15) is 13.6 Å².